The van der Waals surface area contributed by atoms with Crippen LogP contribution in [0.1, 0.15) is 17.1 Å². The van der Waals surface area contributed by atoms with Gasteiger partial charge >= 0.3 is 0 Å². The molecule has 0 amide bonds. The maximum atomic E-state index is 12.1. The lowest BCUT2D eigenvalue weighted by Gasteiger charge is -2.05. The van der Waals surface area contributed by atoms with Gasteiger partial charge in [0.05, 0.1) is 23.7 Å². The van der Waals surface area contributed by atoms with Crippen LogP contribution in [0.4, 0.5) is 0 Å². The predicted molar refractivity (Wildman–Crippen MR) is 74.3 cm³/mol. The Morgan fingerprint density at radius 1 is 1.40 bits per heavy atom. The molecule has 0 aromatic carbocycles. The molecule has 2 N–H and O–H groups in total. The number of hydrogen-bond donors (Lipinski definition) is 2. The van der Waals surface area contributed by atoms with Crippen LogP contribution in [0.3, 0.4) is 0 Å². The third kappa shape index (κ3) is 3.24. The molecule has 0 fully saturated rings. The molecular weight excluding hydrogens is 278 g/mol. The van der Waals surface area contributed by atoms with Crippen LogP contribution in [-0.2, 0) is 30.2 Å². The van der Waals surface area contributed by atoms with Crippen molar-refractivity contribution in [3.8, 4) is 0 Å². The average molecular weight is 295 g/mol. The number of hydrogen-bond acceptors (Lipinski definition) is 4. The molecule has 0 atom stereocenters. The van der Waals surface area contributed by atoms with Gasteiger partial charge in [0.1, 0.15) is 0 Å². The highest BCUT2D eigenvalue weighted by molar-refractivity contribution is 7.89. The van der Waals surface area contributed by atoms with Crippen molar-refractivity contribution in [1.82, 2.24) is 14.3 Å². The first-order chi connectivity index (χ1) is 9.42. The first kappa shape index (κ1) is 14.7. The lowest BCUT2D eigenvalue weighted by molar-refractivity contribution is 0.272. The van der Waals surface area contributed by atoms with Crippen molar-refractivity contribution < 1.29 is 13.5 Å². The molecule has 0 aliphatic heterocycles. The standard InChI is InChI=1S/C13H17N3O3S/c1-10-4-3-5-11(15-10)7-14-20(18,19)13-6-12(9-17)16(2)8-13/h3-6,8,14,17H,7,9H2,1-2H3. The molecule has 0 saturated heterocycles. The highest BCUT2D eigenvalue weighted by atomic mass is 32.2. The average Bonchev–Trinajstić information content (AvgIpc) is 2.79. The van der Waals surface area contributed by atoms with E-state index in [1.165, 1.54) is 12.3 Å². The first-order valence-electron chi connectivity index (χ1n) is 6.10. The molecule has 7 heteroatoms. The third-order valence-corrected chi connectivity index (χ3v) is 4.31. The second-order valence-electron chi connectivity index (χ2n) is 4.53. The van der Waals surface area contributed by atoms with Crippen molar-refractivity contribution in [3.63, 3.8) is 0 Å². The van der Waals surface area contributed by atoms with Gasteiger partial charge in [0, 0.05) is 24.6 Å². The fourth-order valence-electron chi connectivity index (χ4n) is 1.83. The van der Waals surface area contributed by atoms with E-state index in [4.69, 9.17) is 5.11 Å². The monoisotopic (exact) mass is 295 g/mol. The lowest BCUT2D eigenvalue weighted by atomic mass is 10.3. The zero-order valence-electron chi connectivity index (χ0n) is 11.4. The van der Waals surface area contributed by atoms with Crippen molar-refractivity contribution in [2.24, 2.45) is 7.05 Å². The summed E-state index contributed by atoms with van der Waals surface area (Å²) < 4.78 is 28.4. The summed E-state index contributed by atoms with van der Waals surface area (Å²) in [4.78, 5) is 4.37. The summed E-state index contributed by atoms with van der Waals surface area (Å²) >= 11 is 0. The molecule has 0 spiro atoms. The van der Waals surface area contributed by atoms with Crippen molar-refractivity contribution in [1.29, 1.82) is 0 Å². The fourth-order valence-corrected chi connectivity index (χ4v) is 2.92. The minimum atomic E-state index is -3.61. The number of rotatable bonds is 5. The Bertz CT molecular complexity index is 707. The molecule has 0 radical (unpaired) electrons. The number of aromatic nitrogens is 2. The molecule has 2 aromatic rings. The van der Waals surface area contributed by atoms with Crippen molar-refractivity contribution in [2.45, 2.75) is 25.0 Å². The van der Waals surface area contributed by atoms with E-state index in [9.17, 15) is 8.42 Å². The molecule has 2 heterocycles. The van der Waals surface area contributed by atoms with Crippen LogP contribution in [0, 0.1) is 6.92 Å². The van der Waals surface area contributed by atoms with Gasteiger partial charge < -0.3 is 9.67 Å². The van der Waals surface area contributed by atoms with Crippen LogP contribution in [0.15, 0.2) is 35.4 Å². The lowest BCUT2D eigenvalue weighted by Crippen LogP contribution is -2.23. The highest BCUT2D eigenvalue weighted by Gasteiger charge is 2.17. The van der Waals surface area contributed by atoms with E-state index in [0.29, 0.717) is 11.4 Å². The Morgan fingerprint density at radius 2 is 2.15 bits per heavy atom. The van der Waals surface area contributed by atoms with Crippen LogP contribution < -0.4 is 4.72 Å². The van der Waals surface area contributed by atoms with E-state index in [0.717, 1.165) is 5.69 Å². The summed E-state index contributed by atoms with van der Waals surface area (Å²) in [6.07, 6.45) is 1.47. The first-order valence-corrected chi connectivity index (χ1v) is 7.59. The van der Waals surface area contributed by atoms with Crippen LogP contribution >= 0.6 is 0 Å². The molecule has 0 saturated carbocycles. The van der Waals surface area contributed by atoms with Crippen LogP contribution in [0.5, 0.6) is 0 Å². The van der Waals surface area contributed by atoms with E-state index in [2.05, 4.69) is 9.71 Å². The van der Waals surface area contributed by atoms with Crippen molar-refractivity contribution >= 4 is 10.0 Å². The van der Waals surface area contributed by atoms with Gasteiger partial charge in [-0.3, -0.25) is 4.98 Å². The SMILES string of the molecule is Cc1cccc(CNS(=O)(=O)c2cc(CO)n(C)c2)n1. The molecule has 6 nitrogen and oxygen atoms in total. The van der Waals surface area contributed by atoms with Gasteiger partial charge in [-0.25, -0.2) is 13.1 Å². The van der Waals surface area contributed by atoms with Gasteiger partial charge in [-0.15, -0.1) is 0 Å². The predicted octanol–water partition coefficient (Wildman–Crippen LogP) is 0.699. The number of nitrogens with zero attached hydrogens (tertiary/aromatic N) is 2. The van der Waals surface area contributed by atoms with Crippen LogP contribution in [0.25, 0.3) is 0 Å². The zero-order chi connectivity index (χ0) is 14.8. The molecule has 0 bridgehead atoms. The van der Waals surface area contributed by atoms with E-state index < -0.39 is 10.0 Å². The summed E-state index contributed by atoms with van der Waals surface area (Å²) in [7, 11) is -1.92. The van der Waals surface area contributed by atoms with Gasteiger partial charge in [0.2, 0.25) is 10.0 Å². The molecule has 0 aliphatic carbocycles. The number of aryl methyl sites for hydroxylation is 2. The van der Waals surface area contributed by atoms with Gasteiger partial charge in [-0.1, -0.05) is 6.07 Å². The maximum Gasteiger partial charge on any atom is 0.242 e. The van der Waals surface area contributed by atoms with Gasteiger partial charge in [0.25, 0.3) is 0 Å². The van der Waals surface area contributed by atoms with Crippen molar-refractivity contribution in [3.05, 3.63) is 47.5 Å². The minimum Gasteiger partial charge on any atom is -0.390 e. The zero-order valence-corrected chi connectivity index (χ0v) is 12.2. The van der Waals surface area contributed by atoms with Gasteiger partial charge in [-0.2, -0.15) is 0 Å². The Balaban J connectivity index is 2.15. The summed E-state index contributed by atoms with van der Waals surface area (Å²) in [6.45, 7) is 1.78. The molecule has 0 aliphatic rings. The summed E-state index contributed by atoms with van der Waals surface area (Å²) in [5.74, 6) is 0. The Hall–Kier alpha value is -1.70. The Morgan fingerprint density at radius 3 is 2.75 bits per heavy atom. The third-order valence-electron chi connectivity index (χ3n) is 2.94. The van der Waals surface area contributed by atoms with E-state index in [1.54, 1.807) is 17.7 Å². The second-order valence-corrected chi connectivity index (χ2v) is 6.30. The molecule has 20 heavy (non-hydrogen) atoms. The van der Waals surface area contributed by atoms with E-state index >= 15 is 0 Å². The smallest absolute Gasteiger partial charge is 0.242 e. The van der Waals surface area contributed by atoms with E-state index in [1.807, 2.05) is 19.1 Å². The quantitative estimate of drug-likeness (QED) is 0.850. The van der Waals surface area contributed by atoms with Gasteiger partial charge in [-0.05, 0) is 25.1 Å². The summed E-state index contributed by atoms with van der Waals surface area (Å²) in [6, 6.07) is 6.90. The molecule has 108 valence electrons. The number of pyridine rings is 1. The maximum absolute atomic E-state index is 12.1. The van der Waals surface area contributed by atoms with Crippen LogP contribution in [-0.4, -0.2) is 23.1 Å². The Kier molecular flexibility index (Phi) is 4.22. The Labute approximate surface area is 118 Å². The highest BCUT2D eigenvalue weighted by Crippen LogP contribution is 2.13. The molecule has 0 unspecified atom stereocenters. The van der Waals surface area contributed by atoms with Crippen molar-refractivity contribution in [2.75, 3.05) is 0 Å². The number of nitrogens with one attached hydrogen (secondary N) is 1. The molecule has 2 rings (SSSR count). The fraction of sp³-hybridized carbons (Fsp3) is 0.308. The number of aliphatic hydroxyl groups is 1. The number of aliphatic hydroxyl groups excluding tert-OH is 1. The number of sulfonamides is 1. The largest absolute Gasteiger partial charge is 0.390 e. The van der Waals surface area contributed by atoms with E-state index in [-0.39, 0.29) is 18.0 Å². The topological polar surface area (TPSA) is 84.2 Å². The minimum absolute atomic E-state index is 0.132. The molecular formula is C13H17N3O3S. The second kappa shape index (κ2) is 5.74. The summed E-state index contributed by atoms with van der Waals surface area (Å²) in [5.41, 5.74) is 2.04. The van der Waals surface area contributed by atoms with Crippen LogP contribution in [0.2, 0.25) is 0 Å². The molecule has 2 aromatic heterocycles. The van der Waals surface area contributed by atoms with Gasteiger partial charge in [0.15, 0.2) is 0 Å². The summed E-state index contributed by atoms with van der Waals surface area (Å²) in [5, 5.41) is 9.09. The normalized spacial score (nSPS) is 11.8.